The largest absolute Gasteiger partial charge is 2.00 e. The van der Waals surface area contributed by atoms with Crippen molar-refractivity contribution in [1.82, 2.24) is 40.6 Å². The van der Waals surface area contributed by atoms with E-state index in [-0.39, 0.29) is 58.9 Å². The molecule has 6 aromatic rings. The molecule has 2 aromatic heterocycles. The van der Waals surface area contributed by atoms with Crippen molar-refractivity contribution in [2.75, 3.05) is 25.7 Å². The number of methoxy groups -OCH3 is 2. The second-order valence-electron chi connectivity index (χ2n) is 11.5. The molecule has 0 fully saturated rings. The van der Waals surface area contributed by atoms with E-state index in [9.17, 15) is 19.2 Å². The molecule has 20 heteroatoms. The van der Waals surface area contributed by atoms with Crippen LogP contribution in [0.1, 0.15) is 22.5 Å². The van der Waals surface area contributed by atoms with Crippen LogP contribution >= 0.6 is 21.6 Å². The van der Waals surface area contributed by atoms with Gasteiger partial charge in [0.2, 0.25) is 0 Å². The third kappa shape index (κ3) is 18.9. The number of rotatable bonds is 17. The minimum absolute atomic E-state index is 0. The Balaban J connectivity index is 0.000000840. The van der Waals surface area contributed by atoms with Gasteiger partial charge in [0.05, 0.1) is 26.6 Å². The van der Waals surface area contributed by atoms with E-state index in [1.807, 2.05) is 109 Å². The molecule has 0 radical (unpaired) electrons. The Morgan fingerprint density at radius 2 is 1.17 bits per heavy atom. The van der Waals surface area contributed by atoms with E-state index in [1.54, 1.807) is 21.8 Å². The maximum absolute atomic E-state index is 12.4. The normalized spacial score (nSPS) is 11.0. The SMILES string of the molecule is COC(=O)[C@H](CSSC[C@H](NC(=O)OCc1cn(Cc2ccc[cH-]2)nn1)C(=O)OC)NC(=O)OCc1cn(Cc2cc[cH-]c2)nn1.[Fe+2].[Fe+2].c1cc[cH-]c1.c1cc[cH-]c1. The number of carbonyl (C=O) groups excluding carboxylic acids is 4. The summed E-state index contributed by atoms with van der Waals surface area (Å²) in [5.41, 5.74) is 2.98. The fraction of sp³-hybridized carbons (Fsp3) is 0.263. The Labute approximate surface area is 364 Å². The van der Waals surface area contributed by atoms with Crippen LogP contribution in [0.3, 0.4) is 0 Å². The zero-order valence-electron chi connectivity index (χ0n) is 31.4. The number of hydrogen-bond acceptors (Lipinski definition) is 14. The van der Waals surface area contributed by atoms with E-state index < -0.39 is 36.2 Å². The first-order valence-electron chi connectivity index (χ1n) is 17.1. The van der Waals surface area contributed by atoms with Crippen molar-refractivity contribution in [2.45, 2.75) is 38.4 Å². The predicted molar refractivity (Wildman–Crippen MR) is 210 cm³/mol. The molecule has 58 heavy (non-hydrogen) atoms. The zero-order valence-corrected chi connectivity index (χ0v) is 35.3. The number of ether oxygens (including phenoxy) is 4. The summed E-state index contributed by atoms with van der Waals surface area (Å²) >= 11 is 0. The summed E-state index contributed by atoms with van der Waals surface area (Å²) in [6.07, 6.45) is 1.61. The Morgan fingerprint density at radius 3 is 1.57 bits per heavy atom. The molecule has 16 nitrogen and oxygen atoms in total. The standard InChI is InChI=1S/C28H32N8O8S2.2C5H5.2Fe/c1-41-25(37)23(29-27(39)43-15-21-13-35(33-31-21)11-19-7-3-4-8-19)17-45-46-18-24(26(38)42-2)30-28(40)44-16-22-14-36(34-32-22)12-20-9-5-6-10-20;2*1-2-4-5-3-1;;/h3-10,13-14,23-24H,11-12,15-18H2,1-2H3,(H,29,39)(H,30,40);2*1-5H;;/q-2;2*-1;2*+2/t23-,24-;;;;/m0..../s1. The van der Waals surface area contributed by atoms with E-state index in [2.05, 4.69) is 31.3 Å². The number of aromatic nitrogens is 6. The van der Waals surface area contributed by atoms with Crippen molar-refractivity contribution in [1.29, 1.82) is 0 Å². The first-order valence-corrected chi connectivity index (χ1v) is 19.6. The number of nitrogens with zero attached hydrogens (tertiary/aromatic N) is 6. The van der Waals surface area contributed by atoms with Gasteiger partial charge in [0.1, 0.15) is 36.7 Å². The van der Waals surface area contributed by atoms with Gasteiger partial charge in [-0.25, -0.2) is 66.3 Å². The molecular weight excluding hydrogens is 872 g/mol. The molecule has 0 unspecified atom stereocenters. The van der Waals surface area contributed by atoms with Crippen LogP contribution in [0.15, 0.2) is 122 Å². The summed E-state index contributed by atoms with van der Waals surface area (Å²) in [6.45, 7) is 0.745. The average Bonchev–Trinajstić information content (AvgIpc) is 4.06. The summed E-state index contributed by atoms with van der Waals surface area (Å²) in [7, 11) is 4.71. The van der Waals surface area contributed by atoms with Gasteiger partial charge < -0.3 is 29.6 Å². The smallest absolute Gasteiger partial charge is 0.467 e. The fourth-order valence-corrected chi connectivity index (χ4v) is 6.82. The molecule has 0 aliphatic carbocycles. The molecule has 0 aliphatic rings. The van der Waals surface area contributed by atoms with Gasteiger partial charge >= 0.3 is 58.3 Å². The second kappa shape index (κ2) is 28.3. The van der Waals surface area contributed by atoms with Crippen LogP contribution in [0.5, 0.6) is 0 Å². The maximum atomic E-state index is 12.4. The third-order valence-corrected chi connectivity index (χ3v) is 9.67. The van der Waals surface area contributed by atoms with Crippen LogP contribution in [0.25, 0.3) is 0 Å². The molecule has 0 bridgehead atoms. The quantitative estimate of drug-likeness (QED) is 0.0316. The topological polar surface area (TPSA) is 191 Å². The van der Waals surface area contributed by atoms with Gasteiger partial charge in [-0.05, 0) is 0 Å². The van der Waals surface area contributed by atoms with E-state index >= 15 is 0 Å². The Morgan fingerprint density at radius 1 is 0.672 bits per heavy atom. The van der Waals surface area contributed by atoms with Crippen molar-refractivity contribution in [3.8, 4) is 0 Å². The van der Waals surface area contributed by atoms with E-state index in [1.165, 1.54) is 14.2 Å². The van der Waals surface area contributed by atoms with Crippen molar-refractivity contribution in [2.24, 2.45) is 0 Å². The monoisotopic (exact) mass is 914 g/mol. The van der Waals surface area contributed by atoms with Crippen LogP contribution in [0.2, 0.25) is 0 Å². The number of carbonyl (C=O) groups is 4. The Hall–Kier alpha value is -5.10. The van der Waals surface area contributed by atoms with Crippen LogP contribution in [0.4, 0.5) is 9.59 Å². The molecule has 6 rings (SSSR count). The number of nitrogens with one attached hydrogen (secondary N) is 2. The summed E-state index contributed by atoms with van der Waals surface area (Å²) in [5.74, 6) is -1.24. The van der Waals surface area contributed by atoms with E-state index in [0.29, 0.717) is 24.5 Å². The fourth-order valence-electron chi connectivity index (χ4n) is 4.52. The molecule has 0 aliphatic heterocycles. The molecule has 2 atom stereocenters. The molecule has 2 N–H and O–H groups in total. The van der Waals surface area contributed by atoms with Crippen molar-refractivity contribution in [3.05, 3.63) is 144 Å². The Kier molecular flexibility index (Phi) is 24.0. The van der Waals surface area contributed by atoms with Gasteiger partial charge in [-0.1, -0.05) is 32.0 Å². The third-order valence-electron chi connectivity index (χ3n) is 7.25. The molecule has 0 spiro atoms. The first-order chi connectivity index (χ1) is 27.3. The van der Waals surface area contributed by atoms with Gasteiger partial charge in [0, 0.05) is 24.6 Å². The van der Waals surface area contributed by atoms with Crippen LogP contribution in [-0.2, 0) is 89.0 Å². The molecule has 310 valence electrons. The van der Waals surface area contributed by atoms with E-state index in [4.69, 9.17) is 18.9 Å². The van der Waals surface area contributed by atoms with Gasteiger partial charge in [0.25, 0.3) is 0 Å². The molecule has 2 amide bonds. The van der Waals surface area contributed by atoms with Crippen molar-refractivity contribution < 1.29 is 72.3 Å². The van der Waals surface area contributed by atoms with Gasteiger partial charge in [-0.3, -0.25) is 4.68 Å². The molecule has 0 saturated carbocycles. The number of amides is 2. The van der Waals surface area contributed by atoms with Gasteiger partial charge in [-0.15, -0.1) is 15.8 Å². The molecule has 2 heterocycles. The van der Waals surface area contributed by atoms with Gasteiger partial charge in [-0.2, -0.15) is 72.3 Å². The van der Waals surface area contributed by atoms with Crippen molar-refractivity contribution >= 4 is 45.7 Å². The molecular formula is C38H42Fe2N8O8S2. The predicted octanol–water partition coefficient (Wildman–Crippen LogP) is 4.83. The first kappa shape index (κ1) is 49.0. The zero-order chi connectivity index (χ0) is 39.8. The van der Waals surface area contributed by atoms with Gasteiger partial charge in [0.15, 0.2) is 0 Å². The van der Waals surface area contributed by atoms with Crippen LogP contribution in [-0.4, -0.2) is 91.9 Å². The van der Waals surface area contributed by atoms with E-state index in [0.717, 1.165) is 32.7 Å². The number of hydrogen-bond donors (Lipinski definition) is 2. The second-order valence-corrected chi connectivity index (χ2v) is 14.0. The summed E-state index contributed by atoms with van der Waals surface area (Å²) < 4.78 is 23.2. The minimum atomic E-state index is -1.05. The number of esters is 2. The van der Waals surface area contributed by atoms with Crippen LogP contribution < -0.4 is 10.6 Å². The molecule has 0 saturated heterocycles. The van der Waals surface area contributed by atoms with Crippen molar-refractivity contribution in [3.63, 3.8) is 0 Å². The summed E-state index contributed by atoms with van der Waals surface area (Å²) in [6, 6.07) is 33.4. The minimum Gasteiger partial charge on any atom is -0.467 e. The number of alkyl carbamates (subject to hydrolysis) is 2. The maximum Gasteiger partial charge on any atom is 2.00 e. The molecule has 4 aromatic carbocycles. The summed E-state index contributed by atoms with van der Waals surface area (Å²) in [4.78, 5) is 49.3. The van der Waals surface area contributed by atoms with Crippen LogP contribution in [0, 0.1) is 0 Å². The summed E-state index contributed by atoms with van der Waals surface area (Å²) in [5, 5.41) is 20.9. The average molecular weight is 915 g/mol. The Bertz CT molecular complexity index is 1780.